The van der Waals surface area contributed by atoms with Crippen LogP contribution in [0.5, 0.6) is 5.75 Å². The van der Waals surface area contributed by atoms with Crippen molar-refractivity contribution in [2.75, 3.05) is 14.1 Å². The summed E-state index contributed by atoms with van der Waals surface area (Å²) in [6.45, 7) is 1.81. The van der Waals surface area contributed by atoms with Crippen molar-refractivity contribution in [2.24, 2.45) is 0 Å². The maximum Gasteiger partial charge on any atom is 0.343 e. The monoisotopic (exact) mass is 353 g/mol. The molecule has 0 N–H and O–H groups in total. The maximum atomic E-state index is 12.3. The number of carbonyl (C=O) groups is 1. The van der Waals surface area contributed by atoms with Crippen LogP contribution in [0.4, 0.5) is 0 Å². The Hall–Kier alpha value is -1.89. The molecule has 0 unspecified atom stereocenters. The van der Waals surface area contributed by atoms with Gasteiger partial charge in [-0.1, -0.05) is 29.8 Å². The Bertz CT molecular complexity index is 847. The molecular formula is C16H16ClNO4S. The van der Waals surface area contributed by atoms with Crippen LogP contribution in [-0.4, -0.2) is 32.8 Å². The third-order valence-corrected chi connectivity index (χ3v) is 5.52. The lowest BCUT2D eigenvalue weighted by atomic mass is 10.2. The van der Waals surface area contributed by atoms with E-state index in [0.29, 0.717) is 5.75 Å². The highest BCUT2D eigenvalue weighted by atomic mass is 35.5. The van der Waals surface area contributed by atoms with E-state index in [1.54, 1.807) is 12.1 Å². The molecule has 0 aliphatic rings. The Balaban J connectivity index is 2.38. The van der Waals surface area contributed by atoms with Crippen molar-refractivity contribution in [3.05, 3.63) is 58.6 Å². The SMILES string of the molecule is Cc1ccccc1OC(=O)c1ccc(Cl)c(S(=O)(=O)N(C)C)c1. The lowest BCUT2D eigenvalue weighted by molar-refractivity contribution is 0.0733. The molecule has 23 heavy (non-hydrogen) atoms. The summed E-state index contributed by atoms with van der Waals surface area (Å²) in [6.07, 6.45) is 0. The molecule has 0 aromatic heterocycles. The predicted molar refractivity (Wildman–Crippen MR) is 88.5 cm³/mol. The molecule has 0 aliphatic heterocycles. The molecule has 0 amide bonds. The van der Waals surface area contributed by atoms with E-state index in [1.165, 1.54) is 32.3 Å². The van der Waals surface area contributed by atoms with Crippen molar-refractivity contribution in [2.45, 2.75) is 11.8 Å². The molecule has 0 fully saturated rings. The molecule has 0 bridgehead atoms. The van der Waals surface area contributed by atoms with Gasteiger partial charge in [0, 0.05) is 14.1 Å². The first-order valence-corrected chi connectivity index (χ1v) is 8.55. The van der Waals surface area contributed by atoms with Gasteiger partial charge in [-0.25, -0.2) is 17.5 Å². The van der Waals surface area contributed by atoms with E-state index in [0.717, 1.165) is 9.87 Å². The number of halogens is 1. The van der Waals surface area contributed by atoms with Gasteiger partial charge < -0.3 is 4.74 Å². The number of rotatable bonds is 4. The van der Waals surface area contributed by atoms with Gasteiger partial charge in [0.25, 0.3) is 0 Å². The van der Waals surface area contributed by atoms with Crippen LogP contribution in [0.2, 0.25) is 5.02 Å². The molecule has 0 saturated carbocycles. The predicted octanol–water partition coefficient (Wildman–Crippen LogP) is 3.12. The van der Waals surface area contributed by atoms with Gasteiger partial charge in [-0.05, 0) is 36.8 Å². The maximum absolute atomic E-state index is 12.3. The van der Waals surface area contributed by atoms with Crippen LogP contribution in [0.3, 0.4) is 0 Å². The van der Waals surface area contributed by atoms with E-state index in [-0.39, 0.29) is 15.5 Å². The molecular weight excluding hydrogens is 338 g/mol. The minimum Gasteiger partial charge on any atom is -0.423 e. The summed E-state index contributed by atoms with van der Waals surface area (Å²) in [5.41, 5.74) is 0.911. The van der Waals surface area contributed by atoms with E-state index in [2.05, 4.69) is 0 Å². The summed E-state index contributed by atoms with van der Waals surface area (Å²) >= 11 is 5.96. The fourth-order valence-electron chi connectivity index (χ4n) is 1.85. The highest BCUT2D eigenvalue weighted by molar-refractivity contribution is 7.89. The quantitative estimate of drug-likeness (QED) is 0.625. The normalized spacial score (nSPS) is 11.5. The zero-order valence-electron chi connectivity index (χ0n) is 12.9. The second-order valence-electron chi connectivity index (χ2n) is 5.09. The minimum absolute atomic E-state index is 0.0474. The second-order valence-corrected chi connectivity index (χ2v) is 7.62. The number of para-hydroxylation sites is 1. The number of ether oxygens (including phenoxy) is 1. The minimum atomic E-state index is -3.75. The van der Waals surface area contributed by atoms with Gasteiger partial charge in [-0.3, -0.25) is 0 Å². The molecule has 0 spiro atoms. The van der Waals surface area contributed by atoms with Crippen molar-refractivity contribution in [1.29, 1.82) is 0 Å². The first-order valence-electron chi connectivity index (χ1n) is 6.73. The number of nitrogens with zero attached hydrogens (tertiary/aromatic N) is 1. The fourth-order valence-corrected chi connectivity index (χ4v) is 3.25. The van der Waals surface area contributed by atoms with Crippen molar-refractivity contribution >= 4 is 27.6 Å². The van der Waals surface area contributed by atoms with Gasteiger partial charge >= 0.3 is 5.97 Å². The third kappa shape index (κ3) is 3.72. The summed E-state index contributed by atoms with van der Waals surface area (Å²) in [5.74, 6) is -0.226. The molecule has 2 aromatic carbocycles. The number of aryl methyl sites for hydroxylation is 1. The average molecular weight is 354 g/mol. The molecule has 122 valence electrons. The van der Waals surface area contributed by atoms with Crippen molar-refractivity contribution in [3.63, 3.8) is 0 Å². The zero-order valence-corrected chi connectivity index (χ0v) is 14.5. The van der Waals surface area contributed by atoms with Gasteiger partial charge in [0.05, 0.1) is 10.6 Å². The number of benzene rings is 2. The topological polar surface area (TPSA) is 63.7 Å². The molecule has 0 saturated heterocycles. The largest absolute Gasteiger partial charge is 0.423 e. The molecule has 2 rings (SSSR count). The van der Waals surface area contributed by atoms with Crippen LogP contribution in [0, 0.1) is 6.92 Å². The second kappa shape index (κ2) is 6.70. The van der Waals surface area contributed by atoms with Crippen molar-refractivity contribution < 1.29 is 17.9 Å². The highest BCUT2D eigenvalue weighted by Gasteiger charge is 2.23. The van der Waals surface area contributed by atoms with Crippen LogP contribution in [0.25, 0.3) is 0 Å². The van der Waals surface area contributed by atoms with Gasteiger partial charge in [0.2, 0.25) is 10.0 Å². The van der Waals surface area contributed by atoms with Crippen LogP contribution >= 0.6 is 11.6 Å². The van der Waals surface area contributed by atoms with E-state index < -0.39 is 16.0 Å². The smallest absolute Gasteiger partial charge is 0.343 e. The fraction of sp³-hybridized carbons (Fsp3) is 0.188. The van der Waals surface area contributed by atoms with E-state index in [9.17, 15) is 13.2 Å². The van der Waals surface area contributed by atoms with Crippen molar-refractivity contribution in [1.82, 2.24) is 4.31 Å². The van der Waals surface area contributed by atoms with Crippen LogP contribution in [-0.2, 0) is 10.0 Å². The summed E-state index contributed by atoms with van der Waals surface area (Å²) in [4.78, 5) is 12.1. The van der Waals surface area contributed by atoms with Crippen LogP contribution < -0.4 is 4.74 Å². The zero-order chi connectivity index (χ0) is 17.2. The first kappa shape index (κ1) is 17.5. The standard InChI is InChI=1S/C16H16ClNO4S/c1-11-6-4-5-7-14(11)22-16(19)12-8-9-13(17)15(10-12)23(20,21)18(2)3/h4-10H,1-3H3. The molecule has 0 radical (unpaired) electrons. The molecule has 7 heteroatoms. The Labute approximate surface area is 140 Å². The summed E-state index contributed by atoms with van der Waals surface area (Å²) in [5, 5.41) is 0.0474. The molecule has 0 atom stereocenters. The molecule has 0 heterocycles. The third-order valence-electron chi connectivity index (χ3n) is 3.22. The number of sulfonamides is 1. The Morgan fingerprint density at radius 2 is 1.78 bits per heavy atom. The average Bonchev–Trinajstić information content (AvgIpc) is 2.49. The van der Waals surface area contributed by atoms with Gasteiger partial charge in [-0.15, -0.1) is 0 Å². The summed E-state index contributed by atoms with van der Waals surface area (Å²) < 4.78 is 30.8. The lowest BCUT2D eigenvalue weighted by Gasteiger charge is -2.14. The Kier molecular flexibility index (Phi) is 5.09. The van der Waals surface area contributed by atoms with Gasteiger partial charge in [-0.2, -0.15) is 0 Å². The number of carbonyl (C=O) groups excluding carboxylic acids is 1. The number of hydrogen-bond acceptors (Lipinski definition) is 4. The number of hydrogen-bond donors (Lipinski definition) is 0. The van der Waals surface area contributed by atoms with Crippen LogP contribution in [0.15, 0.2) is 47.4 Å². The summed E-state index contributed by atoms with van der Waals surface area (Å²) in [7, 11) is -0.965. The van der Waals surface area contributed by atoms with Gasteiger partial charge in [0.15, 0.2) is 0 Å². The van der Waals surface area contributed by atoms with Crippen LogP contribution in [0.1, 0.15) is 15.9 Å². The first-order chi connectivity index (χ1) is 10.7. The lowest BCUT2D eigenvalue weighted by Crippen LogP contribution is -2.23. The Morgan fingerprint density at radius 3 is 2.39 bits per heavy atom. The van der Waals surface area contributed by atoms with Crippen molar-refractivity contribution in [3.8, 4) is 5.75 Å². The van der Waals surface area contributed by atoms with Gasteiger partial charge in [0.1, 0.15) is 10.6 Å². The molecule has 0 aliphatic carbocycles. The Morgan fingerprint density at radius 1 is 1.13 bits per heavy atom. The molecule has 5 nitrogen and oxygen atoms in total. The van der Waals surface area contributed by atoms with E-state index >= 15 is 0 Å². The highest BCUT2D eigenvalue weighted by Crippen LogP contribution is 2.26. The molecule has 2 aromatic rings. The van der Waals surface area contributed by atoms with E-state index in [4.69, 9.17) is 16.3 Å². The summed E-state index contributed by atoms with van der Waals surface area (Å²) in [6, 6.07) is 11.1. The number of esters is 1. The van der Waals surface area contributed by atoms with E-state index in [1.807, 2.05) is 19.1 Å².